The van der Waals surface area contributed by atoms with Crippen LogP contribution in [0.1, 0.15) is 16.1 Å². The third-order valence-electron chi connectivity index (χ3n) is 3.91. The maximum Gasteiger partial charge on any atom is 0.251 e. The molecule has 0 saturated carbocycles. The third kappa shape index (κ3) is 5.77. The van der Waals surface area contributed by atoms with Crippen LogP contribution in [0.4, 0.5) is 5.69 Å². The summed E-state index contributed by atoms with van der Waals surface area (Å²) in [6.07, 6.45) is 1.46. The molecule has 8 nitrogen and oxygen atoms in total. The first kappa shape index (κ1) is 20.3. The number of carbonyl (C=O) groups is 2. The van der Waals surface area contributed by atoms with E-state index in [0.29, 0.717) is 17.0 Å². The van der Waals surface area contributed by atoms with E-state index in [4.69, 9.17) is 4.42 Å². The van der Waals surface area contributed by atoms with E-state index >= 15 is 0 Å². The normalized spacial score (nSPS) is 11.0. The number of hydrogen-bond donors (Lipinski definition) is 3. The van der Waals surface area contributed by atoms with Crippen molar-refractivity contribution in [3.63, 3.8) is 0 Å². The second-order valence-electron chi connectivity index (χ2n) is 6.03. The number of hydrogen-bond acceptors (Lipinski definition) is 5. The molecule has 0 saturated heterocycles. The fourth-order valence-electron chi connectivity index (χ4n) is 2.44. The van der Waals surface area contributed by atoms with Crippen molar-refractivity contribution in [3.8, 4) is 0 Å². The second kappa shape index (κ2) is 9.18. The van der Waals surface area contributed by atoms with Crippen molar-refractivity contribution in [2.24, 2.45) is 0 Å². The molecule has 0 radical (unpaired) electrons. The van der Waals surface area contributed by atoms with E-state index in [1.165, 1.54) is 30.5 Å². The van der Waals surface area contributed by atoms with E-state index in [1.54, 1.807) is 42.5 Å². The number of furan rings is 1. The predicted octanol–water partition coefficient (Wildman–Crippen LogP) is 2.13. The zero-order valence-electron chi connectivity index (χ0n) is 15.3. The van der Waals surface area contributed by atoms with Gasteiger partial charge in [-0.05, 0) is 48.5 Å². The molecule has 0 atom stereocenters. The van der Waals surface area contributed by atoms with Gasteiger partial charge in [0.1, 0.15) is 5.76 Å². The van der Waals surface area contributed by atoms with Gasteiger partial charge in [-0.1, -0.05) is 18.2 Å². The summed E-state index contributed by atoms with van der Waals surface area (Å²) in [5.74, 6) is -0.291. The first-order valence-corrected chi connectivity index (χ1v) is 10.2. The van der Waals surface area contributed by atoms with Crippen molar-refractivity contribution in [2.75, 3.05) is 11.9 Å². The zero-order valence-corrected chi connectivity index (χ0v) is 16.1. The van der Waals surface area contributed by atoms with Crippen LogP contribution in [0.3, 0.4) is 0 Å². The Kier molecular flexibility index (Phi) is 6.43. The lowest BCUT2D eigenvalue weighted by molar-refractivity contribution is -0.115. The van der Waals surface area contributed by atoms with E-state index in [9.17, 15) is 18.0 Å². The molecule has 3 aromatic rings. The van der Waals surface area contributed by atoms with Crippen LogP contribution in [0.5, 0.6) is 0 Å². The number of nitrogens with one attached hydrogen (secondary N) is 3. The Morgan fingerprint density at radius 1 is 0.897 bits per heavy atom. The van der Waals surface area contributed by atoms with Gasteiger partial charge in [-0.15, -0.1) is 0 Å². The molecular weight excluding hydrogens is 394 g/mol. The molecule has 29 heavy (non-hydrogen) atoms. The number of benzene rings is 2. The van der Waals surface area contributed by atoms with Crippen molar-refractivity contribution < 1.29 is 22.4 Å². The molecule has 0 fully saturated rings. The smallest absolute Gasteiger partial charge is 0.251 e. The first-order valence-electron chi connectivity index (χ1n) is 8.69. The maximum atomic E-state index is 12.3. The van der Waals surface area contributed by atoms with E-state index < -0.39 is 15.9 Å². The van der Waals surface area contributed by atoms with E-state index in [2.05, 4.69) is 15.4 Å². The van der Waals surface area contributed by atoms with Gasteiger partial charge in [0.25, 0.3) is 5.91 Å². The molecule has 0 aliphatic carbocycles. The summed E-state index contributed by atoms with van der Waals surface area (Å²) in [6.45, 7) is -0.173. The summed E-state index contributed by atoms with van der Waals surface area (Å²) in [7, 11) is -3.71. The van der Waals surface area contributed by atoms with Gasteiger partial charge in [-0.3, -0.25) is 9.59 Å². The van der Waals surface area contributed by atoms with Crippen molar-refractivity contribution in [1.29, 1.82) is 0 Å². The molecule has 0 aliphatic rings. The van der Waals surface area contributed by atoms with Gasteiger partial charge in [0.05, 0.1) is 24.2 Å². The molecule has 2 amide bonds. The Balaban J connectivity index is 1.51. The highest BCUT2D eigenvalue weighted by atomic mass is 32.2. The van der Waals surface area contributed by atoms with E-state index in [1.807, 2.05) is 0 Å². The standard InChI is InChI=1S/C20H19N3O5S/c24-19(14-21-20(25)15-5-2-1-3-6-15)23-16-8-10-18(11-9-16)29(26,27)22-13-17-7-4-12-28-17/h1-12,22H,13-14H2,(H,21,25)(H,23,24). The minimum absolute atomic E-state index is 0.0366. The quantitative estimate of drug-likeness (QED) is 0.523. The van der Waals surface area contributed by atoms with Gasteiger partial charge in [0, 0.05) is 11.3 Å². The summed E-state index contributed by atoms with van der Waals surface area (Å²) in [6, 6.07) is 17.6. The molecule has 150 valence electrons. The van der Waals surface area contributed by atoms with Crippen LogP contribution >= 0.6 is 0 Å². The van der Waals surface area contributed by atoms with Crippen molar-refractivity contribution in [3.05, 3.63) is 84.3 Å². The summed E-state index contributed by atoms with van der Waals surface area (Å²) in [4.78, 5) is 24.0. The molecule has 1 aromatic heterocycles. The first-order chi connectivity index (χ1) is 13.9. The fraction of sp³-hybridized carbons (Fsp3) is 0.100. The lowest BCUT2D eigenvalue weighted by atomic mass is 10.2. The largest absolute Gasteiger partial charge is 0.468 e. The molecule has 9 heteroatoms. The fourth-order valence-corrected chi connectivity index (χ4v) is 3.43. The molecule has 0 spiro atoms. The maximum absolute atomic E-state index is 12.3. The Bertz CT molecular complexity index is 1060. The molecule has 3 N–H and O–H groups in total. The van der Waals surface area contributed by atoms with Crippen LogP contribution in [-0.4, -0.2) is 26.8 Å². The highest BCUT2D eigenvalue weighted by Gasteiger charge is 2.15. The zero-order chi connectivity index (χ0) is 20.7. The topological polar surface area (TPSA) is 118 Å². The number of sulfonamides is 1. The second-order valence-corrected chi connectivity index (χ2v) is 7.79. The van der Waals surface area contributed by atoms with Gasteiger partial charge < -0.3 is 15.1 Å². The lowest BCUT2D eigenvalue weighted by Gasteiger charge is -2.09. The molecule has 2 aromatic carbocycles. The summed E-state index contributed by atoms with van der Waals surface area (Å²) >= 11 is 0. The van der Waals surface area contributed by atoms with Crippen molar-refractivity contribution in [1.82, 2.24) is 10.0 Å². The highest BCUT2D eigenvalue weighted by Crippen LogP contribution is 2.14. The predicted molar refractivity (Wildman–Crippen MR) is 107 cm³/mol. The Labute approximate surface area is 168 Å². The van der Waals surface area contributed by atoms with Gasteiger partial charge >= 0.3 is 0 Å². The Hall–Kier alpha value is -3.43. The molecule has 0 bridgehead atoms. The Morgan fingerprint density at radius 3 is 2.28 bits per heavy atom. The van der Waals surface area contributed by atoms with Gasteiger partial charge in [0.15, 0.2) is 0 Å². The molecule has 3 rings (SSSR count). The average Bonchev–Trinajstić information content (AvgIpc) is 3.25. The summed E-state index contributed by atoms with van der Waals surface area (Å²) in [5.41, 5.74) is 0.867. The van der Waals surface area contributed by atoms with Gasteiger partial charge in [-0.2, -0.15) is 0 Å². The minimum atomic E-state index is -3.71. The molecule has 0 aliphatic heterocycles. The third-order valence-corrected chi connectivity index (χ3v) is 5.33. The van der Waals surface area contributed by atoms with Gasteiger partial charge in [0.2, 0.25) is 15.9 Å². The number of anilines is 1. The Morgan fingerprint density at radius 2 is 1.62 bits per heavy atom. The van der Waals surface area contributed by atoms with Gasteiger partial charge in [-0.25, -0.2) is 13.1 Å². The summed E-state index contributed by atoms with van der Waals surface area (Å²) < 4.78 is 32.1. The lowest BCUT2D eigenvalue weighted by Crippen LogP contribution is -2.32. The SMILES string of the molecule is O=C(CNC(=O)c1ccccc1)Nc1ccc(S(=O)(=O)NCc2ccco2)cc1. The number of rotatable bonds is 8. The van der Waals surface area contributed by atoms with Crippen LogP contribution in [0.25, 0.3) is 0 Å². The van der Waals surface area contributed by atoms with Crippen molar-refractivity contribution in [2.45, 2.75) is 11.4 Å². The molecule has 0 unspecified atom stereocenters. The van der Waals surface area contributed by atoms with E-state index in [0.717, 1.165) is 0 Å². The van der Waals surface area contributed by atoms with Crippen LogP contribution in [0.15, 0.2) is 82.3 Å². The van der Waals surface area contributed by atoms with Crippen LogP contribution in [-0.2, 0) is 21.4 Å². The van der Waals surface area contributed by atoms with E-state index in [-0.39, 0.29) is 23.9 Å². The summed E-state index contributed by atoms with van der Waals surface area (Å²) in [5, 5.41) is 5.12. The number of carbonyl (C=O) groups excluding carboxylic acids is 2. The number of amides is 2. The minimum Gasteiger partial charge on any atom is -0.468 e. The molecule has 1 heterocycles. The average molecular weight is 413 g/mol. The monoisotopic (exact) mass is 413 g/mol. The van der Waals surface area contributed by atoms with Crippen LogP contribution in [0, 0.1) is 0 Å². The van der Waals surface area contributed by atoms with Crippen LogP contribution in [0.2, 0.25) is 0 Å². The van der Waals surface area contributed by atoms with Crippen molar-refractivity contribution >= 4 is 27.5 Å². The highest BCUT2D eigenvalue weighted by molar-refractivity contribution is 7.89. The van der Waals surface area contributed by atoms with Crippen LogP contribution < -0.4 is 15.4 Å². The molecular formula is C20H19N3O5S.